The zero-order chi connectivity index (χ0) is 22.3. The lowest BCUT2D eigenvalue weighted by Gasteiger charge is -2.21. The van der Waals surface area contributed by atoms with E-state index in [1.807, 2.05) is 30.3 Å². The standard InChI is InChI=1S/C23H23N5O3S/c29-20(25-13-16-5-4-10-24-12-16)11-18-15-32-23(26-18)27-21(30)14-28(19-8-9-19)22(31)17-6-2-1-3-7-17/h1-7,10,12,15,19H,8-9,11,13-14H2,(H,25,29)(H,26,27,30). The van der Waals surface area contributed by atoms with Crippen LogP contribution in [0.15, 0.2) is 60.2 Å². The fraction of sp³-hybridized carbons (Fsp3) is 0.261. The summed E-state index contributed by atoms with van der Waals surface area (Å²) in [6, 6.07) is 12.8. The normalized spacial score (nSPS) is 12.8. The van der Waals surface area contributed by atoms with Crippen molar-refractivity contribution >= 4 is 34.2 Å². The number of amides is 3. The average Bonchev–Trinajstić information content (AvgIpc) is 3.57. The zero-order valence-corrected chi connectivity index (χ0v) is 18.2. The van der Waals surface area contributed by atoms with Crippen LogP contribution in [0, 0.1) is 0 Å². The minimum Gasteiger partial charge on any atom is -0.352 e. The number of hydrogen-bond donors (Lipinski definition) is 2. The Bertz CT molecular complexity index is 1080. The molecule has 1 fully saturated rings. The summed E-state index contributed by atoms with van der Waals surface area (Å²) in [4.78, 5) is 47.5. The Hall–Kier alpha value is -3.59. The van der Waals surface area contributed by atoms with E-state index in [2.05, 4.69) is 20.6 Å². The maximum absolute atomic E-state index is 12.8. The van der Waals surface area contributed by atoms with Crippen LogP contribution in [0.5, 0.6) is 0 Å². The van der Waals surface area contributed by atoms with Gasteiger partial charge < -0.3 is 15.5 Å². The quantitative estimate of drug-likeness (QED) is 0.523. The maximum Gasteiger partial charge on any atom is 0.254 e. The van der Waals surface area contributed by atoms with E-state index in [-0.39, 0.29) is 36.7 Å². The van der Waals surface area contributed by atoms with Crippen molar-refractivity contribution < 1.29 is 14.4 Å². The van der Waals surface area contributed by atoms with E-state index >= 15 is 0 Å². The molecule has 2 N–H and O–H groups in total. The fourth-order valence-corrected chi connectivity index (χ4v) is 3.92. The Balaban J connectivity index is 1.28. The first-order valence-corrected chi connectivity index (χ1v) is 11.2. The topological polar surface area (TPSA) is 104 Å². The highest BCUT2D eigenvalue weighted by Gasteiger charge is 2.34. The van der Waals surface area contributed by atoms with Crippen molar-refractivity contribution in [1.29, 1.82) is 0 Å². The molecule has 0 spiro atoms. The third kappa shape index (κ3) is 5.98. The van der Waals surface area contributed by atoms with Crippen molar-refractivity contribution in [1.82, 2.24) is 20.2 Å². The Morgan fingerprint density at radius 3 is 2.59 bits per heavy atom. The number of thiazole rings is 1. The van der Waals surface area contributed by atoms with Gasteiger partial charge in [-0.05, 0) is 36.6 Å². The molecule has 3 aromatic rings. The summed E-state index contributed by atoms with van der Waals surface area (Å²) in [6.07, 6.45) is 5.30. The predicted octanol–water partition coefficient (Wildman–Crippen LogP) is 2.64. The Morgan fingerprint density at radius 2 is 1.88 bits per heavy atom. The molecule has 8 nitrogen and oxygen atoms in total. The summed E-state index contributed by atoms with van der Waals surface area (Å²) in [5, 5.41) is 7.73. The highest BCUT2D eigenvalue weighted by Crippen LogP contribution is 2.28. The largest absolute Gasteiger partial charge is 0.352 e. The average molecular weight is 450 g/mol. The van der Waals surface area contributed by atoms with Gasteiger partial charge in [-0.2, -0.15) is 0 Å². The molecular weight excluding hydrogens is 426 g/mol. The van der Waals surface area contributed by atoms with Crippen LogP contribution in [0.4, 0.5) is 5.13 Å². The molecule has 0 atom stereocenters. The number of carbonyl (C=O) groups is 3. The smallest absolute Gasteiger partial charge is 0.254 e. The molecule has 2 heterocycles. The van der Waals surface area contributed by atoms with Gasteiger partial charge in [-0.3, -0.25) is 19.4 Å². The minimum atomic E-state index is -0.303. The van der Waals surface area contributed by atoms with Gasteiger partial charge in [0.15, 0.2) is 5.13 Å². The van der Waals surface area contributed by atoms with Crippen molar-refractivity contribution in [2.45, 2.75) is 31.8 Å². The Kier molecular flexibility index (Phi) is 6.86. The fourth-order valence-electron chi connectivity index (χ4n) is 3.19. The number of benzene rings is 1. The third-order valence-electron chi connectivity index (χ3n) is 4.94. The van der Waals surface area contributed by atoms with Crippen LogP contribution in [0.1, 0.15) is 34.5 Å². The van der Waals surface area contributed by atoms with Crippen molar-refractivity contribution in [3.8, 4) is 0 Å². The third-order valence-corrected chi connectivity index (χ3v) is 5.74. The summed E-state index contributed by atoms with van der Waals surface area (Å²) in [5.41, 5.74) is 2.06. The van der Waals surface area contributed by atoms with Crippen LogP contribution in [0.3, 0.4) is 0 Å². The number of nitrogens with zero attached hydrogens (tertiary/aromatic N) is 3. The van der Waals surface area contributed by atoms with Crippen molar-refractivity contribution in [2.24, 2.45) is 0 Å². The second-order valence-electron chi connectivity index (χ2n) is 7.54. The van der Waals surface area contributed by atoms with Gasteiger partial charge in [-0.1, -0.05) is 24.3 Å². The number of pyridine rings is 1. The Morgan fingerprint density at radius 1 is 1.06 bits per heavy atom. The maximum atomic E-state index is 12.8. The van der Waals surface area contributed by atoms with E-state index in [4.69, 9.17) is 0 Å². The molecule has 0 saturated heterocycles. The lowest BCUT2D eigenvalue weighted by atomic mass is 10.2. The highest BCUT2D eigenvalue weighted by molar-refractivity contribution is 7.13. The van der Waals surface area contributed by atoms with Crippen LogP contribution in [-0.4, -0.2) is 45.2 Å². The lowest BCUT2D eigenvalue weighted by Crippen LogP contribution is -2.39. The second-order valence-corrected chi connectivity index (χ2v) is 8.40. The second kappa shape index (κ2) is 10.1. The molecular formula is C23H23N5O3S. The van der Waals surface area contributed by atoms with Crippen molar-refractivity contribution in [2.75, 3.05) is 11.9 Å². The van der Waals surface area contributed by atoms with Gasteiger partial charge >= 0.3 is 0 Å². The van der Waals surface area contributed by atoms with Crippen molar-refractivity contribution in [3.63, 3.8) is 0 Å². The molecule has 1 aliphatic carbocycles. The monoisotopic (exact) mass is 449 g/mol. The highest BCUT2D eigenvalue weighted by atomic mass is 32.1. The number of hydrogen-bond acceptors (Lipinski definition) is 6. The molecule has 0 bridgehead atoms. The zero-order valence-electron chi connectivity index (χ0n) is 17.4. The van der Waals surface area contributed by atoms with Crippen LogP contribution in [0.2, 0.25) is 0 Å². The molecule has 32 heavy (non-hydrogen) atoms. The van der Waals surface area contributed by atoms with Crippen molar-refractivity contribution in [3.05, 3.63) is 77.1 Å². The molecule has 0 radical (unpaired) electrons. The molecule has 1 saturated carbocycles. The molecule has 9 heteroatoms. The van der Waals surface area contributed by atoms with Crippen LogP contribution < -0.4 is 10.6 Å². The van der Waals surface area contributed by atoms with Gasteiger partial charge in [0.05, 0.1) is 12.1 Å². The van der Waals surface area contributed by atoms with Gasteiger partial charge in [0.1, 0.15) is 6.54 Å². The van der Waals surface area contributed by atoms with Crippen LogP contribution >= 0.6 is 11.3 Å². The molecule has 164 valence electrons. The summed E-state index contributed by atoms with van der Waals surface area (Å²) >= 11 is 1.25. The Labute approximate surface area is 189 Å². The van der Waals surface area contributed by atoms with Gasteiger partial charge in [-0.15, -0.1) is 11.3 Å². The molecule has 0 aliphatic heterocycles. The van der Waals surface area contributed by atoms with Gasteiger partial charge in [-0.25, -0.2) is 4.98 Å². The number of nitrogens with one attached hydrogen (secondary N) is 2. The van der Waals surface area contributed by atoms with E-state index in [0.29, 0.717) is 22.9 Å². The molecule has 1 aromatic carbocycles. The summed E-state index contributed by atoms with van der Waals surface area (Å²) < 4.78 is 0. The van der Waals surface area contributed by atoms with Gasteiger partial charge in [0, 0.05) is 35.9 Å². The first-order chi connectivity index (χ1) is 15.6. The van der Waals surface area contributed by atoms with E-state index in [1.54, 1.807) is 34.8 Å². The number of rotatable bonds is 9. The first kappa shape index (κ1) is 21.6. The molecule has 0 unspecified atom stereocenters. The van der Waals surface area contributed by atoms with Gasteiger partial charge in [0.25, 0.3) is 5.91 Å². The summed E-state index contributed by atoms with van der Waals surface area (Å²) in [5.74, 6) is -0.609. The molecule has 2 aromatic heterocycles. The number of anilines is 1. The van der Waals surface area contributed by atoms with E-state index in [0.717, 1.165) is 18.4 Å². The summed E-state index contributed by atoms with van der Waals surface area (Å²) in [6.45, 7) is 0.367. The number of carbonyl (C=O) groups excluding carboxylic acids is 3. The summed E-state index contributed by atoms with van der Waals surface area (Å²) in [7, 11) is 0. The van der Waals surface area contributed by atoms with E-state index in [1.165, 1.54) is 11.3 Å². The molecule has 4 rings (SSSR count). The van der Waals surface area contributed by atoms with E-state index in [9.17, 15) is 14.4 Å². The van der Waals surface area contributed by atoms with E-state index < -0.39 is 0 Å². The van der Waals surface area contributed by atoms with Crippen LogP contribution in [-0.2, 0) is 22.6 Å². The number of aromatic nitrogens is 2. The lowest BCUT2D eigenvalue weighted by molar-refractivity contribution is -0.120. The minimum absolute atomic E-state index is 0.0289. The molecule has 3 amide bonds. The predicted molar refractivity (Wildman–Crippen MR) is 121 cm³/mol. The molecule has 1 aliphatic rings. The van der Waals surface area contributed by atoms with Crippen LogP contribution in [0.25, 0.3) is 0 Å². The first-order valence-electron chi connectivity index (χ1n) is 10.3. The van der Waals surface area contributed by atoms with Gasteiger partial charge in [0.2, 0.25) is 11.8 Å². The SMILES string of the molecule is O=C(Cc1csc(NC(=O)CN(C(=O)c2ccccc2)C2CC2)n1)NCc1cccnc1.